The van der Waals surface area contributed by atoms with Gasteiger partial charge in [0.1, 0.15) is 22.9 Å². The minimum atomic E-state index is -0.666. The molecule has 0 saturated carbocycles. The molecule has 3 heterocycles. The van der Waals surface area contributed by atoms with Crippen molar-refractivity contribution in [3.63, 3.8) is 0 Å². The normalized spacial score (nSPS) is 20.8. The van der Waals surface area contributed by atoms with Gasteiger partial charge in [-0.2, -0.15) is 0 Å². The standard InChI is InChI=1S/C70H56N4O/c1-67(2,3)47-38-39-71-65(41-47)74-61-37-34-46(45-20-7-6-8-21-45)40-54(61)51-36-35-50(43-64(51)74)75-49-23-19-22-48(42-49)72-44-73(63-33-18-17-32-62(63)72)70-55-26-11-9-24-52(55)66(53-25-10-12-27-56(53)70)68(4)57-28-13-15-30-59(57)69(70,5)60-31-16-14-29-58(60)68/h6-43,66H,44H2,1-5H3. The van der Waals surface area contributed by atoms with Crippen LogP contribution in [0.3, 0.4) is 0 Å². The van der Waals surface area contributed by atoms with Crippen LogP contribution in [0.25, 0.3) is 38.8 Å². The van der Waals surface area contributed by atoms with Crippen molar-refractivity contribution in [3.05, 3.63) is 281 Å². The molecule has 0 N–H and O–H groups in total. The molecule has 75 heavy (non-hydrogen) atoms. The van der Waals surface area contributed by atoms with Gasteiger partial charge in [0, 0.05) is 51.5 Å². The summed E-state index contributed by atoms with van der Waals surface area (Å²) >= 11 is 0. The van der Waals surface area contributed by atoms with Crippen LogP contribution in [0.4, 0.5) is 17.1 Å². The van der Waals surface area contributed by atoms with Gasteiger partial charge in [0.2, 0.25) is 0 Å². The van der Waals surface area contributed by atoms with E-state index in [4.69, 9.17) is 9.72 Å². The predicted molar refractivity (Wildman–Crippen MR) is 306 cm³/mol. The van der Waals surface area contributed by atoms with E-state index in [1.807, 2.05) is 6.20 Å². The number of aromatic nitrogens is 2. The molecule has 7 aliphatic rings. The molecule has 0 amide bonds. The highest BCUT2D eigenvalue weighted by molar-refractivity contribution is 6.10. The molecule has 0 unspecified atom stereocenters. The van der Waals surface area contributed by atoms with Gasteiger partial charge in [0.05, 0.1) is 29.1 Å². The quantitative estimate of drug-likeness (QED) is 0.166. The topological polar surface area (TPSA) is 33.5 Å². The number of hydrogen-bond donors (Lipinski definition) is 0. The number of nitrogens with zero attached hydrogens (tertiary/aromatic N) is 4. The van der Waals surface area contributed by atoms with Gasteiger partial charge in [-0.3, -0.25) is 4.57 Å². The summed E-state index contributed by atoms with van der Waals surface area (Å²) in [5.41, 5.74) is 18.9. The van der Waals surface area contributed by atoms with Gasteiger partial charge in [0.25, 0.3) is 0 Å². The minimum absolute atomic E-state index is 0.0425. The lowest BCUT2D eigenvalue weighted by Gasteiger charge is -2.66. The molecule has 5 heteroatoms. The molecule has 0 spiro atoms. The Bertz CT molecular complexity index is 4050. The van der Waals surface area contributed by atoms with E-state index in [2.05, 4.69) is 273 Å². The lowest BCUT2D eigenvalue weighted by Crippen LogP contribution is -2.67. The van der Waals surface area contributed by atoms with Crippen LogP contribution in [-0.2, 0) is 21.8 Å². The second-order valence-electron chi connectivity index (χ2n) is 22.6. The Hall–Kier alpha value is -8.67. The van der Waals surface area contributed by atoms with Crippen molar-refractivity contribution in [1.82, 2.24) is 9.55 Å². The van der Waals surface area contributed by atoms with Crippen LogP contribution in [0.5, 0.6) is 11.5 Å². The molecule has 1 aliphatic heterocycles. The second kappa shape index (κ2) is 15.7. The Morgan fingerprint density at radius 1 is 0.493 bits per heavy atom. The highest BCUT2D eigenvalue weighted by atomic mass is 16.5. The summed E-state index contributed by atoms with van der Waals surface area (Å²) in [7, 11) is 0. The Balaban J connectivity index is 0.877. The van der Waals surface area contributed by atoms with Crippen molar-refractivity contribution in [2.45, 2.75) is 62.3 Å². The van der Waals surface area contributed by atoms with E-state index >= 15 is 0 Å². The van der Waals surface area contributed by atoms with E-state index in [0.29, 0.717) is 6.67 Å². The number of fused-ring (bicyclic) bond motifs is 4. The van der Waals surface area contributed by atoms with Gasteiger partial charge < -0.3 is 14.5 Å². The first-order valence-corrected chi connectivity index (χ1v) is 26.5. The maximum Gasteiger partial charge on any atom is 0.137 e. The van der Waals surface area contributed by atoms with Crippen LogP contribution in [-0.4, -0.2) is 16.2 Å². The Morgan fingerprint density at radius 3 is 1.80 bits per heavy atom. The van der Waals surface area contributed by atoms with Crippen molar-refractivity contribution in [1.29, 1.82) is 0 Å². The monoisotopic (exact) mass is 968 g/mol. The fourth-order valence-corrected chi connectivity index (χ4v) is 14.6. The van der Waals surface area contributed by atoms with E-state index in [9.17, 15) is 0 Å². The average Bonchev–Trinajstić information content (AvgIpc) is 4.14. The van der Waals surface area contributed by atoms with Crippen LogP contribution in [0.2, 0.25) is 0 Å². The molecule has 0 saturated heterocycles. The fourth-order valence-electron chi connectivity index (χ4n) is 14.6. The van der Waals surface area contributed by atoms with Crippen LogP contribution in [0.15, 0.2) is 231 Å². The third kappa shape index (κ3) is 5.87. The average molecular weight is 969 g/mol. The molecule has 0 atom stereocenters. The van der Waals surface area contributed by atoms with Crippen molar-refractivity contribution < 1.29 is 4.74 Å². The smallest absolute Gasteiger partial charge is 0.137 e. The first-order chi connectivity index (χ1) is 36.6. The minimum Gasteiger partial charge on any atom is -0.457 e. The predicted octanol–water partition coefficient (Wildman–Crippen LogP) is 16.9. The third-order valence-electron chi connectivity index (χ3n) is 17.9. The zero-order valence-corrected chi connectivity index (χ0v) is 42.9. The molecule has 9 aromatic carbocycles. The summed E-state index contributed by atoms with van der Waals surface area (Å²) in [5.74, 6) is 2.52. The van der Waals surface area contributed by atoms with E-state index < -0.39 is 11.0 Å². The highest BCUT2D eigenvalue weighted by Crippen LogP contribution is 2.72. The van der Waals surface area contributed by atoms with Gasteiger partial charge in [-0.1, -0.05) is 179 Å². The molecule has 11 aromatic rings. The Morgan fingerprint density at radius 2 is 1.11 bits per heavy atom. The number of pyridine rings is 1. The Labute approximate surface area is 439 Å². The zero-order chi connectivity index (χ0) is 50.4. The van der Waals surface area contributed by atoms with Crippen molar-refractivity contribution >= 4 is 38.9 Å². The lowest BCUT2D eigenvalue weighted by atomic mass is 9.40. The first kappa shape index (κ1) is 43.9. The van der Waals surface area contributed by atoms with Gasteiger partial charge in [-0.05, 0) is 134 Å². The van der Waals surface area contributed by atoms with Gasteiger partial charge in [-0.25, -0.2) is 4.98 Å². The molecule has 2 aromatic heterocycles. The van der Waals surface area contributed by atoms with Crippen molar-refractivity contribution in [2.75, 3.05) is 16.5 Å². The SMILES string of the molecule is CC(C)(C)c1ccnc(-n2c3ccc(-c4ccccc4)cc3c3ccc(Oc4cccc(N5CN(C67c8ccccc8C(c8ccccc86)C6(C)c8ccccc8C7(C)c7ccccc76)c6ccccc65)c4)cc32)c1. The molecule has 6 aliphatic carbocycles. The maximum absolute atomic E-state index is 7.02. The summed E-state index contributed by atoms with van der Waals surface area (Å²) in [5, 5.41) is 2.32. The van der Waals surface area contributed by atoms with Crippen LogP contribution in [0.1, 0.15) is 90.6 Å². The molecule has 0 fully saturated rings. The number of benzene rings is 9. The number of para-hydroxylation sites is 2. The van der Waals surface area contributed by atoms with E-state index in [0.717, 1.165) is 39.4 Å². The van der Waals surface area contributed by atoms with Crippen molar-refractivity contribution in [2.24, 2.45) is 0 Å². The summed E-state index contributed by atoms with van der Waals surface area (Å²) in [6.07, 6.45) is 1.94. The number of hydrogen-bond acceptors (Lipinski definition) is 4. The largest absolute Gasteiger partial charge is 0.457 e. The van der Waals surface area contributed by atoms with Gasteiger partial charge >= 0.3 is 0 Å². The van der Waals surface area contributed by atoms with Crippen molar-refractivity contribution in [3.8, 4) is 28.4 Å². The van der Waals surface area contributed by atoms with Crippen LogP contribution in [0, 0.1) is 0 Å². The molecular weight excluding hydrogens is 913 g/mol. The number of anilines is 3. The first-order valence-electron chi connectivity index (χ1n) is 26.5. The zero-order valence-electron chi connectivity index (χ0n) is 42.9. The lowest BCUT2D eigenvalue weighted by molar-refractivity contribution is 0.257. The second-order valence-corrected chi connectivity index (χ2v) is 22.6. The van der Waals surface area contributed by atoms with Gasteiger partial charge in [0.15, 0.2) is 0 Å². The summed E-state index contributed by atoms with van der Waals surface area (Å²) in [6.45, 7) is 12.5. The fraction of sp³-hybridized carbons (Fsp3) is 0.157. The highest BCUT2D eigenvalue weighted by Gasteiger charge is 2.69. The maximum atomic E-state index is 7.02. The molecule has 18 rings (SSSR count). The molecular formula is C70H56N4O. The van der Waals surface area contributed by atoms with Crippen LogP contribution < -0.4 is 14.5 Å². The molecule has 5 nitrogen and oxygen atoms in total. The van der Waals surface area contributed by atoms with E-state index in [1.165, 1.54) is 78.0 Å². The van der Waals surface area contributed by atoms with E-state index in [-0.39, 0.29) is 16.7 Å². The summed E-state index contributed by atoms with van der Waals surface area (Å²) in [6, 6.07) is 83.7. The Kier molecular flexibility index (Phi) is 9.17. The molecule has 362 valence electrons. The van der Waals surface area contributed by atoms with Gasteiger partial charge in [-0.15, -0.1) is 0 Å². The summed E-state index contributed by atoms with van der Waals surface area (Å²) in [4.78, 5) is 10.3. The van der Waals surface area contributed by atoms with Crippen LogP contribution >= 0.6 is 0 Å². The number of rotatable bonds is 6. The van der Waals surface area contributed by atoms with E-state index in [1.54, 1.807) is 0 Å². The summed E-state index contributed by atoms with van der Waals surface area (Å²) < 4.78 is 9.32. The molecule has 0 radical (unpaired) electrons. The third-order valence-corrected chi connectivity index (χ3v) is 17.9. The molecule has 4 bridgehead atoms. The number of ether oxygens (including phenoxy) is 1.